The lowest BCUT2D eigenvalue weighted by Gasteiger charge is -2.15. The maximum atomic E-state index is 8.75. The lowest BCUT2D eigenvalue weighted by molar-refractivity contribution is -0.129. The summed E-state index contributed by atoms with van der Waals surface area (Å²) in [6.45, 7) is 5.58. The molecular formula is C22H39NO2. The number of unbranched alkanes of at least 4 members (excludes halogenated alkanes) is 8. The van der Waals surface area contributed by atoms with Gasteiger partial charge in [-0.15, -0.1) is 0 Å². The van der Waals surface area contributed by atoms with Gasteiger partial charge in [0.15, 0.2) is 6.29 Å². The lowest BCUT2D eigenvalue weighted by Crippen LogP contribution is -2.17. The number of nitriles is 1. The average molecular weight is 350 g/mol. The minimum absolute atomic E-state index is 0.283. The quantitative estimate of drug-likeness (QED) is 0.157. The number of nitrogens with zero attached hydrogens (tertiary/aromatic N) is 1. The minimum Gasteiger partial charge on any atom is -0.349 e. The summed E-state index contributed by atoms with van der Waals surface area (Å²) < 4.78 is 11.5. The topological polar surface area (TPSA) is 42.2 Å². The maximum absolute atomic E-state index is 8.75. The van der Waals surface area contributed by atoms with Crippen LogP contribution >= 0.6 is 0 Å². The number of allylic oxidation sites excluding steroid dienone is 2. The molecule has 0 unspecified atom stereocenters. The first-order chi connectivity index (χ1) is 12.3. The molecular weight excluding hydrogens is 310 g/mol. The third-order valence-electron chi connectivity index (χ3n) is 4.03. The van der Waals surface area contributed by atoms with E-state index in [1.54, 1.807) is 0 Å². The van der Waals surface area contributed by atoms with Gasteiger partial charge in [-0.3, -0.25) is 0 Å². The van der Waals surface area contributed by atoms with Crippen LogP contribution in [0.2, 0.25) is 0 Å². The second kappa shape index (κ2) is 20.9. The van der Waals surface area contributed by atoms with E-state index in [4.69, 9.17) is 14.7 Å². The first kappa shape index (κ1) is 23.9. The molecule has 0 saturated carbocycles. The molecule has 0 N–H and O–H groups in total. The first-order valence-corrected chi connectivity index (χ1v) is 10.2. The van der Waals surface area contributed by atoms with Crippen molar-refractivity contribution in [2.24, 2.45) is 0 Å². The molecule has 0 aliphatic carbocycles. The molecule has 0 saturated heterocycles. The lowest BCUT2D eigenvalue weighted by atomic mass is 10.1. The van der Waals surface area contributed by atoms with Crippen molar-refractivity contribution in [3.05, 3.63) is 24.3 Å². The Morgan fingerprint density at radius 1 is 0.760 bits per heavy atom. The molecule has 0 aromatic rings. The Morgan fingerprint density at radius 2 is 1.28 bits per heavy atom. The van der Waals surface area contributed by atoms with Crippen molar-refractivity contribution in [2.75, 3.05) is 13.2 Å². The van der Waals surface area contributed by atoms with Crippen LogP contribution in [-0.2, 0) is 9.47 Å². The Bertz CT molecular complexity index is 332. The zero-order valence-corrected chi connectivity index (χ0v) is 16.5. The monoisotopic (exact) mass is 349 g/mol. The number of ether oxygens (including phenoxy) is 2. The van der Waals surface area contributed by atoms with E-state index < -0.39 is 0 Å². The Labute approximate surface area is 156 Å². The fourth-order valence-electron chi connectivity index (χ4n) is 2.47. The predicted molar refractivity (Wildman–Crippen MR) is 106 cm³/mol. The van der Waals surface area contributed by atoms with Gasteiger partial charge < -0.3 is 9.47 Å². The van der Waals surface area contributed by atoms with Gasteiger partial charge in [0.25, 0.3) is 0 Å². The van der Waals surface area contributed by atoms with Gasteiger partial charge in [-0.25, -0.2) is 0 Å². The van der Waals surface area contributed by atoms with Crippen molar-refractivity contribution in [1.29, 1.82) is 5.26 Å². The van der Waals surface area contributed by atoms with Gasteiger partial charge in [0, 0.05) is 12.8 Å². The predicted octanol–water partition coefficient (Wildman–Crippen LogP) is 6.70. The standard InChI is InChI=1S/C22H39NO2/c1-3-5-7-9-11-13-15-20-24-22(18-17-19-23)25-21-16-14-12-10-8-6-4-2/h13-16,22H,3-12,17-18,20-21H2,1-2H3/b15-13+,16-14+. The van der Waals surface area contributed by atoms with Crippen LogP contribution in [0.1, 0.15) is 90.9 Å². The number of rotatable bonds is 18. The molecule has 0 aliphatic rings. The van der Waals surface area contributed by atoms with Crippen molar-refractivity contribution in [1.82, 2.24) is 0 Å². The van der Waals surface area contributed by atoms with Gasteiger partial charge >= 0.3 is 0 Å². The molecule has 0 bridgehead atoms. The van der Waals surface area contributed by atoms with Crippen LogP contribution in [0.15, 0.2) is 24.3 Å². The smallest absolute Gasteiger partial charge is 0.159 e. The summed E-state index contributed by atoms with van der Waals surface area (Å²) in [7, 11) is 0. The van der Waals surface area contributed by atoms with Crippen LogP contribution < -0.4 is 0 Å². The second-order valence-electron chi connectivity index (χ2n) is 6.43. The summed E-state index contributed by atoms with van der Waals surface area (Å²) in [6, 6.07) is 2.16. The van der Waals surface area contributed by atoms with Crippen molar-refractivity contribution >= 4 is 0 Å². The fourth-order valence-corrected chi connectivity index (χ4v) is 2.47. The normalized spacial score (nSPS) is 11.8. The summed E-state index contributed by atoms with van der Waals surface area (Å²) in [6.07, 6.45) is 21.9. The zero-order chi connectivity index (χ0) is 18.4. The molecule has 0 radical (unpaired) electrons. The van der Waals surface area contributed by atoms with Gasteiger partial charge in [-0.1, -0.05) is 76.7 Å². The van der Waals surface area contributed by atoms with Crippen LogP contribution in [0.4, 0.5) is 0 Å². The third kappa shape index (κ3) is 19.1. The SMILES string of the molecule is CCCCCC/C=C/COC(CCC#N)OC/C=C/CCCCCC. The molecule has 3 heteroatoms. The van der Waals surface area contributed by atoms with Gasteiger partial charge in [-0.2, -0.15) is 5.26 Å². The van der Waals surface area contributed by atoms with E-state index in [2.05, 4.69) is 44.2 Å². The largest absolute Gasteiger partial charge is 0.349 e. The van der Waals surface area contributed by atoms with Gasteiger partial charge in [0.1, 0.15) is 0 Å². The number of hydrogen-bond donors (Lipinski definition) is 0. The van der Waals surface area contributed by atoms with Gasteiger partial charge in [0.05, 0.1) is 19.3 Å². The summed E-state index contributed by atoms with van der Waals surface area (Å²) in [4.78, 5) is 0. The molecule has 0 amide bonds. The number of hydrogen-bond acceptors (Lipinski definition) is 3. The van der Waals surface area contributed by atoms with E-state index in [1.807, 2.05) is 0 Å². The summed E-state index contributed by atoms with van der Waals surface area (Å²) in [5, 5.41) is 8.75. The van der Waals surface area contributed by atoms with Crippen molar-refractivity contribution in [3.63, 3.8) is 0 Å². The van der Waals surface area contributed by atoms with Crippen LogP contribution in [0, 0.1) is 11.3 Å². The molecule has 25 heavy (non-hydrogen) atoms. The maximum Gasteiger partial charge on any atom is 0.159 e. The molecule has 0 spiro atoms. The highest BCUT2D eigenvalue weighted by atomic mass is 16.7. The van der Waals surface area contributed by atoms with Crippen LogP contribution in [0.5, 0.6) is 0 Å². The highest BCUT2D eigenvalue weighted by Crippen LogP contribution is 2.07. The van der Waals surface area contributed by atoms with Crippen LogP contribution in [-0.4, -0.2) is 19.5 Å². The molecule has 0 aliphatic heterocycles. The highest BCUT2D eigenvalue weighted by Gasteiger charge is 2.07. The Balaban J connectivity index is 3.79. The van der Waals surface area contributed by atoms with Crippen molar-refractivity contribution in [2.45, 2.75) is 97.2 Å². The van der Waals surface area contributed by atoms with Gasteiger partial charge in [0.2, 0.25) is 0 Å². The van der Waals surface area contributed by atoms with Crippen molar-refractivity contribution < 1.29 is 9.47 Å². The Kier molecular flexibility index (Phi) is 20.0. The summed E-state index contributed by atoms with van der Waals surface area (Å²) >= 11 is 0. The second-order valence-corrected chi connectivity index (χ2v) is 6.43. The zero-order valence-electron chi connectivity index (χ0n) is 16.5. The minimum atomic E-state index is -0.283. The molecule has 0 atom stereocenters. The van der Waals surface area contributed by atoms with E-state index in [9.17, 15) is 0 Å². The first-order valence-electron chi connectivity index (χ1n) is 10.2. The molecule has 144 valence electrons. The fraction of sp³-hybridized carbons (Fsp3) is 0.773. The third-order valence-corrected chi connectivity index (χ3v) is 4.03. The van der Waals surface area contributed by atoms with E-state index in [0.717, 1.165) is 12.8 Å². The Morgan fingerprint density at radius 3 is 1.72 bits per heavy atom. The average Bonchev–Trinajstić information content (AvgIpc) is 2.63. The van der Waals surface area contributed by atoms with Crippen LogP contribution in [0.3, 0.4) is 0 Å². The molecule has 3 nitrogen and oxygen atoms in total. The van der Waals surface area contributed by atoms with E-state index >= 15 is 0 Å². The van der Waals surface area contributed by atoms with Gasteiger partial charge in [-0.05, 0) is 25.7 Å². The Hall–Kier alpha value is -1.11. The summed E-state index contributed by atoms with van der Waals surface area (Å²) in [5.74, 6) is 0. The molecule has 0 rings (SSSR count). The highest BCUT2D eigenvalue weighted by molar-refractivity contribution is 4.83. The molecule has 0 aromatic heterocycles. The van der Waals surface area contributed by atoms with E-state index in [1.165, 1.54) is 51.4 Å². The van der Waals surface area contributed by atoms with Crippen molar-refractivity contribution in [3.8, 4) is 6.07 Å². The summed E-state index contributed by atoms with van der Waals surface area (Å²) in [5.41, 5.74) is 0. The molecule has 0 heterocycles. The molecule has 0 aromatic carbocycles. The van der Waals surface area contributed by atoms with E-state index in [0.29, 0.717) is 26.1 Å². The molecule has 0 fully saturated rings. The van der Waals surface area contributed by atoms with E-state index in [-0.39, 0.29) is 6.29 Å². The van der Waals surface area contributed by atoms with Crippen LogP contribution in [0.25, 0.3) is 0 Å².